The van der Waals surface area contributed by atoms with E-state index in [1.165, 1.54) is 0 Å². The minimum atomic E-state index is -1.20. The van der Waals surface area contributed by atoms with Gasteiger partial charge < -0.3 is 4.84 Å². The van der Waals surface area contributed by atoms with Gasteiger partial charge >= 0.3 is 5.97 Å². The van der Waals surface area contributed by atoms with E-state index >= 15 is 0 Å². The van der Waals surface area contributed by atoms with Crippen molar-refractivity contribution in [1.82, 2.24) is 15.0 Å². The summed E-state index contributed by atoms with van der Waals surface area (Å²) in [6, 6.07) is 8.71. The van der Waals surface area contributed by atoms with Gasteiger partial charge in [-0.25, -0.2) is 18.3 Å². The van der Waals surface area contributed by atoms with Gasteiger partial charge in [-0.2, -0.15) is 0 Å². The van der Waals surface area contributed by atoms with Gasteiger partial charge in [-0.3, -0.25) is 0 Å². The molecule has 3 rings (SSSR count). The number of hydrogen-bond acceptors (Lipinski definition) is 5. The Bertz CT molecular complexity index is 987. The zero-order valence-electron chi connectivity index (χ0n) is 12.9. The SMILES string of the molecule is C/C(Cn1nnc2ccccc21)=N/OC(=O)c1cc(F)c(F)cc1Cl. The van der Waals surface area contributed by atoms with Crippen LogP contribution in [0.4, 0.5) is 8.78 Å². The molecule has 0 amide bonds. The molecule has 9 heteroatoms. The number of carbonyl (C=O) groups is 1. The van der Waals surface area contributed by atoms with Crippen LogP contribution in [0.15, 0.2) is 41.6 Å². The van der Waals surface area contributed by atoms with Crippen LogP contribution in [0.25, 0.3) is 11.0 Å². The summed E-state index contributed by atoms with van der Waals surface area (Å²) in [4.78, 5) is 16.7. The monoisotopic (exact) mass is 364 g/mol. The number of oxime groups is 1. The van der Waals surface area contributed by atoms with Crippen LogP contribution in [0, 0.1) is 11.6 Å². The van der Waals surface area contributed by atoms with E-state index in [0.29, 0.717) is 17.8 Å². The van der Waals surface area contributed by atoms with Gasteiger partial charge in [0.1, 0.15) is 5.52 Å². The predicted octanol–water partition coefficient (Wildman–Crippen LogP) is 3.60. The molecule has 25 heavy (non-hydrogen) atoms. The molecule has 0 unspecified atom stereocenters. The van der Waals surface area contributed by atoms with E-state index in [2.05, 4.69) is 15.5 Å². The summed E-state index contributed by atoms with van der Waals surface area (Å²) in [5.74, 6) is -3.35. The number of nitrogens with zero attached hydrogens (tertiary/aromatic N) is 4. The van der Waals surface area contributed by atoms with Crippen molar-refractivity contribution in [2.45, 2.75) is 13.5 Å². The van der Waals surface area contributed by atoms with E-state index in [-0.39, 0.29) is 17.1 Å². The normalized spacial score (nSPS) is 11.8. The smallest absolute Gasteiger partial charge is 0.313 e. The lowest BCUT2D eigenvalue weighted by molar-refractivity contribution is 0.0514. The largest absolute Gasteiger partial charge is 0.367 e. The third kappa shape index (κ3) is 3.63. The van der Waals surface area contributed by atoms with E-state index in [1.807, 2.05) is 24.3 Å². The number of para-hydroxylation sites is 1. The lowest BCUT2D eigenvalue weighted by Crippen LogP contribution is -2.11. The van der Waals surface area contributed by atoms with Crippen molar-refractivity contribution < 1.29 is 18.4 Å². The van der Waals surface area contributed by atoms with Crippen LogP contribution in [0.1, 0.15) is 17.3 Å². The van der Waals surface area contributed by atoms with Crippen LogP contribution in [0.5, 0.6) is 0 Å². The maximum Gasteiger partial charge on any atom is 0.367 e. The summed E-state index contributed by atoms with van der Waals surface area (Å²) in [6.45, 7) is 1.86. The first-order valence-corrected chi connectivity index (χ1v) is 7.51. The van der Waals surface area contributed by atoms with Gasteiger partial charge in [0.25, 0.3) is 0 Å². The highest BCUT2D eigenvalue weighted by Crippen LogP contribution is 2.21. The number of hydrogen-bond donors (Lipinski definition) is 0. The van der Waals surface area contributed by atoms with Gasteiger partial charge in [-0.1, -0.05) is 34.1 Å². The van der Waals surface area contributed by atoms with Crippen LogP contribution in [0.2, 0.25) is 5.02 Å². The van der Waals surface area contributed by atoms with E-state index in [0.717, 1.165) is 11.0 Å². The molecular weight excluding hydrogens is 354 g/mol. The quantitative estimate of drug-likeness (QED) is 0.307. The van der Waals surface area contributed by atoms with E-state index in [9.17, 15) is 13.6 Å². The standard InChI is InChI=1S/C16H11ClF2N4O2/c1-9(8-23-15-5-3-2-4-14(15)20-22-23)21-25-16(24)10-6-12(18)13(19)7-11(10)17/h2-7H,8H2,1H3/b21-9-. The molecule has 6 nitrogen and oxygen atoms in total. The molecule has 0 aliphatic heterocycles. The van der Waals surface area contributed by atoms with Crippen molar-refractivity contribution in [1.29, 1.82) is 0 Å². The molecular formula is C16H11ClF2N4O2. The highest BCUT2D eigenvalue weighted by atomic mass is 35.5. The molecule has 0 atom stereocenters. The third-order valence-corrected chi connectivity index (χ3v) is 3.63. The topological polar surface area (TPSA) is 69.4 Å². The second kappa shape index (κ2) is 6.94. The third-order valence-electron chi connectivity index (χ3n) is 3.31. The Morgan fingerprint density at radius 2 is 2.00 bits per heavy atom. The summed E-state index contributed by atoms with van der Waals surface area (Å²) < 4.78 is 27.8. The minimum Gasteiger partial charge on any atom is -0.313 e. The van der Waals surface area contributed by atoms with Crippen molar-refractivity contribution in [3.05, 3.63) is 58.6 Å². The van der Waals surface area contributed by atoms with E-state index < -0.39 is 17.6 Å². The van der Waals surface area contributed by atoms with Crippen LogP contribution in [-0.4, -0.2) is 26.7 Å². The number of aromatic nitrogens is 3. The Labute approximate surface area is 145 Å². The Kier molecular flexibility index (Phi) is 4.71. The molecule has 3 aromatic rings. The molecule has 0 spiro atoms. The van der Waals surface area contributed by atoms with Gasteiger partial charge in [0.05, 0.1) is 28.4 Å². The van der Waals surface area contributed by atoms with Gasteiger partial charge in [0, 0.05) is 0 Å². The molecule has 0 saturated carbocycles. The molecule has 0 bridgehead atoms. The van der Waals surface area contributed by atoms with Crippen LogP contribution in [0.3, 0.4) is 0 Å². The summed E-state index contributed by atoms with van der Waals surface area (Å²) in [5.41, 5.74) is 1.62. The molecule has 2 aromatic carbocycles. The Hall–Kier alpha value is -2.87. The second-order valence-corrected chi connectivity index (χ2v) is 5.59. The average molecular weight is 365 g/mol. The lowest BCUT2D eigenvalue weighted by Gasteiger charge is -2.04. The van der Waals surface area contributed by atoms with Gasteiger partial charge in [-0.05, 0) is 31.2 Å². The van der Waals surface area contributed by atoms with E-state index in [1.54, 1.807) is 11.6 Å². The Morgan fingerprint density at radius 3 is 2.80 bits per heavy atom. The fraction of sp³-hybridized carbons (Fsp3) is 0.125. The van der Waals surface area contributed by atoms with Crippen molar-refractivity contribution in [2.24, 2.45) is 5.16 Å². The highest BCUT2D eigenvalue weighted by molar-refractivity contribution is 6.33. The molecule has 0 aliphatic rings. The number of carbonyl (C=O) groups excluding carboxylic acids is 1. The van der Waals surface area contributed by atoms with Crippen molar-refractivity contribution in [2.75, 3.05) is 0 Å². The summed E-state index contributed by atoms with van der Waals surface area (Å²) >= 11 is 5.71. The molecule has 0 saturated heterocycles. The number of fused-ring (bicyclic) bond motifs is 1. The Morgan fingerprint density at radius 1 is 1.28 bits per heavy atom. The molecule has 0 N–H and O–H groups in total. The van der Waals surface area contributed by atoms with Crippen LogP contribution < -0.4 is 0 Å². The number of halogens is 3. The molecule has 0 radical (unpaired) electrons. The number of rotatable bonds is 4. The Balaban J connectivity index is 1.73. The predicted molar refractivity (Wildman–Crippen MR) is 87.4 cm³/mol. The molecule has 1 aromatic heterocycles. The van der Waals surface area contributed by atoms with Crippen molar-refractivity contribution in [3.63, 3.8) is 0 Å². The van der Waals surface area contributed by atoms with Crippen molar-refractivity contribution >= 4 is 34.3 Å². The van der Waals surface area contributed by atoms with Crippen molar-refractivity contribution in [3.8, 4) is 0 Å². The zero-order valence-corrected chi connectivity index (χ0v) is 13.7. The summed E-state index contributed by atoms with van der Waals surface area (Å²) in [7, 11) is 0. The van der Waals surface area contributed by atoms with Gasteiger partial charge in [-0.15, -0.1) is 5.10 Å². The highest BCUT2D eigenvalue weighted by Gasteiger charge is 2.17. The van der Waals surface area contributed by atoms with Gasteiger partial charge in [0.2, 0.25) is 0 Å². The first-order chi connectivity index (χ1) is 12.0. The van der Waals surface area contributed by atoms with Gasteiger partial charge in [0.15, 0.2) is 11.6 Å². The average Bonchev–Trinajstić information content (AvgIpc) is 2.99. The molecule has 1 heterocycles. The molecule has 128 valence electrons. The maximum atomic E-state index is 13.2. The minimum absolute atomic E-state index is 0.235. The van der Waals surface area contributed by atoms with Crippen LogP contribution in [-0.2, 0) is 11.4 Å². The zero-order chi connectivity index (χ0) is 18.0. The molecule has 0 fully saturated rings. The van der Waals surface area contributed by atoms with Crippen LogP contribution >= 0.6 is 11.6 Å². The summed E-state index contributed by atoms with van der Waals surface area (Å²) in [6.07, 6.45) is 0. The fourth-order valence-corrected chi connectivity index (χ4v) is 2.35. The molecule has 0 aliphatic carbocycles. The summed E-state index contributed by atoms with van der Waals surface area (Å²) in [5, 5.41) is 11.4. The first-order valence-electron chi connectivity index (χ1n) is 7.13. The van der Waals surface area contributed by atoms with E-state index in [4.69, 9.17) is 16.4 Å². The first kappa shape index (κ1) is 17.0. The second-order valence-electron chi connectivity index (χ2n) is 5.19. The fourth-order valence-electron chi connectivity index (χ4n) is 2.13. The lowest BCUT2D eigenvalue weighted by atomic mass is 10.2. The number of benzene rings is 2. The maximum absolute atomic E-state index is 13.2.